The van der Waals surface area contributed by atoms with Crippen molar-refractivity contribution < 1.29 is 9.90 Å². The molecule has 2 N–H and O–H groups in total. The summed E-state index contributed by atoms with van der Waals surface area (Å²) >= 11 is 5.87. The van der Waals surface area contributed by atoms with E-state index in [1.54, 1.807) is 36.4 Å². The predicted molar refractivity (Wildman–Crippen MR) is 81.5 cm³/mol. The Hall–Kier alpha value is -2.10. The Labute approximate surface area is 122 Å². The highest BCUT2D eigenvalue weighted by Crippen LogP contribution is 2.15. The van der Waals surface area contributed by atoms with Gasteiger partial charge in [-0.05, 0) is 29.8 Å². The molecule has 2 aromatic carbocycles. The van der Waals surface area contributed by atoms with E-state index in [1.807, 2.05) is 18.2 Å². The lowest BCUT2D eigenvalue weighted by Gasteiger charge is -2.06. The molecule has 3 nitrogen and oxygen atoms in total. The largest absolute Gasteiger partial charge is 0.392 e. The molecule has 0 spiro atoms. The first-order valence-electron chi connectivity index (χ1n) is 6.12. The summed E-state index contributed by atoms with van der Waals surface area (Å²) in [4.78, 5) is 11.8. The van der Waals surface area contributed by atoms with Gasteiger partial charge in [0.15, 0.2) is 0 Å². The van der Waals surface area contributed by atoms with E-state index in [-0.39, 0.29) is 12.5 Å². The standard InChI is InChI=1S/C16H14ClNO2/c17-14-6-3-4-12(10-14)8-9-16(20)18-15-7-2-1-5-13(15)11-19/h1-10,19H,11H2,(H,18,20). The molecular weight excluding hydrogens is 274 g/mol. The van der Waals surface area contributed by atoms with Gasteiger partial charge in [0.2, 0.25) is 5.91 Å². The van der Waals surface area contributed by atoms with Gasteiger partial charge in [0.05, 0.1) is 6.61 Å². The summed E-state index contributed by atoms with van der Waals surface area (Å²) in [5.41, 5.74) is 2.14. The number of aliphatic hydroxyl groups excluding tert-OH is 1. The molecule has 102 valence electrons. The van der Waals surface area contributed by atoms with Crippen molar-refractivity contribution in [3.8, 4) is 0 Å². The van der Waals surface area contributed by atoms with Crippen LogP contribution >= 0.6 is 11.6 Å². The van der Waals surface area contributed by atoms with E-state index in [2.05, 4.69) is 5.32 Å². The normalized spacial score (nSPS) is 10.7. The number of hydrogen-bond donors (Lipinski definition) is 2. The van der Waals surface area contributed by atoms with Gasteiger partial charge in [0.1, 0.15) is 0 Å². The van der Waals surface area contributed by atoms with Crippen LogP contribution in [-0.4, -0.2) is 11.0 Å². The van der Waals surface area contributed by atoms with Crippen LogP contribution in [0.1, 0.15) is 11.1 Å². The Kier molecular flexibility index (Phi) is 4.93. The first kappa shape index (κ1) is 14.3. The molecule has 0 fully saturated rings. The van der Waals surface area contributed by atoms with Crippen LogP contribution in [-0.2, 0) is 11.4 Å². The number of halogens is 1. The third-order valence-corrected chi connectivity index (χ3v) is 2.96. The monoisotopic (exact) mass is 287 g/mol. The Morgan fingerprint density at radius 2 is 2.00 bits per heavy atom. The van der Waals surface area contributed by atoms with Gasteiger partial charge in [-0.2, -0.15) is 0 Å². The number of hydrogen-bond acceptors (Lipinski definition) is 2. The zero-order valence-corrected chi connectivity index (χ0v) is 11.5. The number of nitrogens with one attached hydrogen (secondary N) is 1. The van der Waals surface area contributed by atoms with Crippen molar-refractivity contribution >= 4 is 29.3 Å². The fourth-order valence-electron chi connectivity index (χ4n) is 1.74. The van der Waals surface area contributed by atoms with E-state index in [9.17, 15) is 9.90 Å². The van der Waals surface area contributed by atoms with Crippen LogP contribution in [0.4, 0.5) is 5.69 Å². The topological polar surface area (TPSA) is 49.3 Å². The molecular formula is C16H14ClNO2. The minimum absolute atomic E-state index is 0.117. The van der Waals surface area contributed by atoms with Crippen LogP contribution in [0.15, 0.2) is 54.6 Å². The van der Waals surface area contributed by atoms with E-state index >= 15 is 0 Å². The number of amides is 1. The molecule has 0 radical (unpaired) electrons. The van der Waals surface area contributed by atoms with Gasteiger partial charge in [-0.3, -0.25) is 4.79 Å². The second-order valence-corrected chi connectivity index (χ2v) is 4.63. The molecule has 0 unspecified atom stereocenters. The number of aliphatic hydroxyl groups is 1. The Morgan fingerprint density at radius 1 is 1.20 bits per heavy atom. The van der Waals surface area contributed by atoms with Crippen LogP contribution in [0, 0.1) is 0 Å². The number of carbonyl (C=O) groups excluding carboxylic acids is 1. The molecule has 0 aromatic heterocycles. The van der Waals surface area contributed by atoms with Gasteiger partial charge >= 0.3 is 0 Å². The highest BCUT2D eigenvalue weighted by Gasteiger charge is 2.02. The van der Waals surface area contributed by atoms with Gasteiger partial charge in [0, 0.05) is 22.3 Å². The van der Waals surface area contributed by atoms with E-state index in [4.69, 9.17) is 11.6 Å². The average Bonchev–Trinajstić information content (AvgIpc) is 2.46. The van der Waals surface area contributed by atoms with E-state index in [1.165, 1.54) is 6.08 Å². The highest BCUT2D eigenvalue weighted by atomic mass is 35.5. The molecule has 0 saturated heterocycles. The Bertz CT molecular complexity index is 638. The minimum atomic E-state index is -0.258. The first-order valence-corrected chi connectivity index (χ1v) is 6.50. The zero-order chi connectivity index (χ0) is 14.4. The molecule has 2 aromatic rings. The van der Waals surface area contributed by atoms with Crippen LogP contribution < -0.4 is 5.32 Å². The molecule has 0 bridgehead atoms. The second-order valence-electron chi connectivity index (χ2n) is 4.19. The van der Waals surface area contributed by atoms with E-state index in [0.29, 0.717) is 16.3 Å². The molecule has 0 aliphatic heterocycles. The Morgan fingerprint density at radius 3 is 2.75 bits per heavy atom. The van der Waals surface area contributed by atoms with Crippen molar-refractivity contribution in [2.75, 3.05) is 5.32 Å². The third kappa shape index (κ3) is 3.95. The van der Waals surface area contributed by atoms with Gasteiger partial charge < -0.3 is 10.4 Å². The predicted octanol–water partition coefficient (Wildman–Crippen LogP) is 3.48. The fourth-order valence-corrected chi connectivity index (χ4v) is 1.94. The molecule has 0 atom stereocenters. The lowest BCUT2D eigenvalue weighted by Crippen LogP contribution is -2.09. The van der Waals surface area contributed by atoms with E-state index in [0.717, 1.165) is 5.56 Å². The van der Waals surface area contributed by atoms with Crippen LogP contribution in [0.2, 0.25) is 5.02 Å². The average molecular weight is 288 g/mol. The van der Waals surface area contributed by atoms with Crippen LogP contribution in [0.5, 0.6) is 0 Å². The molecule has 0 saturated carbocycles. The quantitative estimate of drug-likeness (QED) is 0.846. The lowest BCUT2D eigenvalue weighted by molar-refractivity contribution is -0.111. The van der Waals surface area contributed by atoms with Crippen molar-refractivity contribution in [2.24, 2.45) is 0 Å². The molecule has 0 aliphatic carbocycles. The van der Waals surface area contributed by atoms with E-state index < -0.39 is 0 Å². The Balaban J connectivity index is 2.06. The van der Waals surface area contributed by atoms with Crippen LogP contribution in [0.3, 0.4) is 0 Å². The molecule has 0 heterocycles. The lowest BCUT2D eigenvalue weighted by atomic mass is 10.2. The van der Waals surface area contributed by atoms with Gasteiger partial charge in [-0.1, -0.05) is 41.9 Å². The third-order valence-electron chi connectivity index (χ3n) is 2.72. The van der Waals surface area contributed by atoms with Crippen molar-refractivity contribution in [3.63, 3.8) is 0 Å². The first-order chi connectivity index (χ1) is 9.69. The number of anilines is 1. The number of para-hydroxylation sites is 1. The summed E-state index contributed by atoms with van der Waals surface area (Å²) < 4.78 is 0. The van der Waals surface area contributed by atoms with Crippen molar-refractivity contribution in [1.82, 2.24) is 0 Å². The summed E-state index contributed by atoms with van der Waals surface area (Å²) in [5.74, 6) is -0.258. The van der Waals surface area contributed by atoms with Gasteiger partial charge in [0.25, 0.3) is 0 Å². The minimum Gasteiger partial charge on any atom is -0.392 e. The molecule has 2 rings (SSSR count). The highest BCUT2D eigenvalue weighted by molar-refractivity contribution is 6.30. The molecule has 0 aliphatic rings. The molecule has 1 amide bonds. The van der Waals surface area contributed by atoms with Crippen molar-refractivity contribution in [2.45, 2.75) is 6.61 Å². The summed E-state index contributed by atoms with van der Waals surface area (Å²) in [6.07, 6.45) is 3.11. The summed E-state index contributed by atoms with van der Waals surface area (Å²) in [5, 5.41) is 12.5. The molecule has 20 heavy (non-hydrogen) atoms. The van der Waals surface area contributed by atoms with Gasteiger partial charge in [-0.15, -0.1) is 0 Å². The summed E-state index contributed by atoms with van der Waals surface area (Å²) in [6, 6.07) is 14.3. The second kappa shape index (κ2) is 6.89. The number of benzene rings is 2. The number of carbonyl (C=O) groups is 1. The molecule has 4 heteroatoms. The summed E-state index contributed by atoms with van der Waals surface area (Å²) in [6.45, 7) is -0.117. The fraction of sp³-hybridized carbons (Fsp3) is 0.0625. The maximum absolute atomic E-state index is 11.8. The SMILES string of the molecule is O=C(C=Cc1cccc(Cl)c1)Nc1ccccc1CO. The van der Waals surface area contributed by atoms with Crippen molar-refractivity contribution in [1.29, 1.82) is 0 Å². The zero-order valence-electron chi connectivity index (χ0n) is 10.7. The summed E-state index contributed by atoms with van der Waals surface area (Å²) in [7, 11) is 0. The van der Waals surface area contributed by atoms with Gasteiger partial charge in [-0.25, -0.2) is 0 Å². The maximum Gasteiger partial charge on any atom is 0.248 e. The number of rotatable bonds is 4. The van der Waals surface area contributed by atoms with Crippen LogP contribution in [0.25, 0.3) is 6.08 Å². The smallest absolute Gasteiger partial charge is 0.248 e. The maximum atomic E-state index is 11.8. The van der Waals surface area contributed by atoms with Crippen molar-refractivity contribution in [3.05, 3.63) is 70.8 Å².